The van der Waals surface area contributed by atoms with Crippen molar-refractivity contribution in [3.05, 3.63) is 40.8 Å². The summed E-state index contributed by atoms with van der Waals surface area (Å²) in [5.41, 5.74) is 2.30. The molecule has 1 aliphatic heterocycles. The van der Waals surface area contributed by atoms with Crippen molar-refractivity contribution in [3.63, 3.8) is 0 Å². The number of nitrogens with zero attached hydrogens (tertiary/aromatic N) is 1. The predicted octanol–water partition coefficient (Wildman–Crippen LogP) is 3.38. The van der Waals surface area contributed by atoms with E-state index >= 15 is 0 Å². The molecular weight excluding hydrogens is 302 g/mol. The smallest absolute Gasteiger partial charge is 0.106 e. The summed E-state index contributed by atoms with van der Waals surface area (Å²) in [6, 6.07) is 8.32. The number of benzene rings is 1. The van der Waals surface area contributed by atoms with Crippen LogP contribution in [0.2, 0.25) is 0 Å². The second-order valence-electron chi connectivity index (χ2n) is 5.15. The number of imidazole rings is 1. The number of rotatable bonds is 3. The molecule has 1 aliphatic rings. The minimum absolute atomic E-state index is 0.769. The number of halogens is 1. The molecule has 19 heavy (non-hydrogen) atoms. The third-order valence-corrected chi connectivity index (χ3v) is 4.25. The third-order valence-electron chi connectivity index (χ3n) is 3.72. The first-order valence-corrected chi connectivity index (χ1v) is 7.61. The van der Waals surface area contributed by atoms with Gasteiger partial charge in [-0.3, -0.25) is 0 Å². The number of nitrogens with one attached hydrogen (secondary N) is 2. The number of H-pyrrole nitrogens is 1. The highest BCUT2D eigenvalue weighted by atomic mass is 79.9. The van der Waals surface area contributed by atoms with Gasteiger partial charge in [0, 0.05) is 10.9 Å². The molecule has 2 N–H and O–H groups in total. The van der Waals surface area contributed by atoms with Crippen LogP contribution in [0.15, 0.2) is 34.9 Å². The Morgan fingerprint density at radius 1 is 1.16 bits per heavy atom. The molecule has 0 atom stereocenters. The van der Waals surface area contributed by atoms with Crippen LogP contribution in [0.5, 0.6) is 0 Å². The molecule has 0 aliphatic carbocycles. The highest BCUT2D eigenvalue weighted by molar-refractivity contribution is 9.10. The van der Waals surface area contributed by atoms with Crippen molar-refractivity contribution in [3.8, 4) is 11.3 Å². The Bertz CT molecular complexity index is 527. The van der Waals surface area contributed by atoms with Crippen molar-refractivity contribution in [1.82, 2.24) is 15.3 Å². The maximum absolute atomic E-state index is 4.52. The van der Waals surface area contributed by atoms with Gasteiger partial charge in [0.15, 0.2) is 0 Å². The fourth-order valence-electron chi connectivity index (χ4n) is 2.60. The molecule has 2 aromatic rings. The zero-order chi connectivity index (χ0) is 13.1. The zero-order valence-electron chi connectivity index (χ0n) is 10.8. The molecule has 1 fully saturated rings. The van der Waals surface area contributed by atoms with Crippen LogP contribution < -0.4 is 5.32 Å². The fraction of sp³-hybridized carbons (Fsp3) is 0.400. The molecule has 0 saturated carbocycles. The lowest BCUT2D eigenvalue weighted by Crippen LogP contribution is -2.28. The Labute approximate surface area is 122 Å². The molecule has 0 radical (unpaired) electrons. The zero-order valence-corrected chi connectivity index (χ0v) is 12.4. The first kappa shape index (κ1) is 12.9. The summed E-state index contributed by atoms with van der Waals surface area (Å²) in [6.07, 6.45) is 5.53. The number of hydrogen-bond acceptors (Lipinski definition) is 2. The van der Waals surface area contributed by atoms with Crippen molar-refractivity contribution < 1.29 is 0 Å². The van der Waals surface area contributed by atoms with Crippen LogP contribution in [0.25, 0.3) is 11.3 Å². The number of aromatic amines is 1. The first-order chi connectivity index (χ1) is 9.31. The Kier molecular flexibility index (Phi) is 3.99. The maximum atomic E-state index is 4.52. The molecule has 3 rings (SSSR count). The highest BCUT2D eigenvalue weighted by Gasteiger charge is 2.15. The number of hydrogen-bond donors (Lipinski definition) is 2. The summed E-state index contributed by atoms with van der Waals surface area (Å²) >= 11 is 3.46. The van der Waals surface area contributed by atoms with Gasteiger partial charge in [-0.15, -0.1) is 0 Å². The van der Waals surface area contributed by atoms with Crippen molar-refractivity contribution in [1.29, 1.82) is 0 Å². The van der Waals surface area contributed by atoms with Crippen LogP contribution in [0.3, 0.4) is 0 Å². The monoisotopic (exact) mass is 319 g/mol. The van der Waals surface area contributed by atoms with E-state index in [9.17, 15) is 0 Å². The molecule has 100 valence electrons. The standard InChI is InChI=1S/C15H18BrN3/c16-13-3-1-12(2-4-13)14-10-18-15(19-14)9-11-5-7-17-8-6-11/h1-4,10-11,17H,5-9H2,(H,18,19). The van der Waals surface area contributed by atoms with Gasteiger partial charge in [0.05, 0.1) is 11.9 Å². The summed E-state index contributed by atoms with van der Waals surface area (Å²) in [4.78, 5) is 7.97. The molecule has 0 unspecified atom stereocenters. The van der Waals surface area contributed by atoms with Gasteiger partial charge < -0.3 is 10.3 Å². The molecule has 2 heterocycles. The Morgan fingerprint density at radius 3 is 2.63 bits per heavy atom. The van der Waals surface area contributed by atoms with E-state index < -0.39 is 0 Å². The van der Waals surface area contributed by atoms with E-state index in [-0.39, 0.29) is 0 Å². The van der Waals surface area contributed by atoms with Gasteiger partial charge in [-0.05, 0) is 49.5 Å². The second kappa shape index (κ2) is 5.88. The topological polar surface area (TPSA) is 40.7 Å². The van der Waals surface area contributed by atoms with Crippen LogP contribution in [0.4, 0.5) is 0 Å². The summed E-state index contributed by atoms with van der Waals surface area (Å²) < 4.78 is 1.10. The van der Waals surface area contributed by atoms with Crippen molar-refractivity contribution in [2.24, 2.45) is 5.92 Å². The van der Waals surface area contributed by atoms with Crippen LogP contribution in [-0.2, 0) is 6.42 Å². The van der Waals surface area contributed by atoms with Crippen LogP contribution >= 0.6 is 15.9 Å². The average molecular weight is 320 g/mol. The van der Waals surface area contributed by atoms with E-state index in [0.29, 0.717) is 0 Å². The molecule has 1 aromatic heterocycles. The largest absolute Gasteiger partial charge is 0.342 e. The highest BCUT2D eigenvalue weighted by Crippen LogP contribution is 2.22. The number of piperidine rings is 1. The SMILES string of the molecule is Brc1ccc(-c2cnc(CC3CCNCC3)[nH]2)cc1. The maximum Gasteiger partial charge on any atom is 0.106 e. The van der Waals surface area contributed by atoms with Crippen molar-refractivity contribution in [2.45, 2.75) is 19.3 Å². The minimum atomic E-state index is 0.769. The summed E-state index contributed by atoms with van der Waals surface area (Å²) in [5.74, 6) is 1.88. The lowest BCUT2D eigenvalue weighted by atomic mass is 9.94. The van der Waals surface area contributed by atoms with Gasteiger partial charge >= 0.3 is 0 Å². The Morgan fingerprint density at radius 2 is 1.89 bits per heavy atom. The molecule has 0 spiro atoms. The van der Waals surface area contributed by atoms with E-state index in [1.54, 1.807) is 0 Å². The van der Waals surface area contributed by atoms with Crippen LogP contribution in [0.1, 0.15) is 18.7 Å². The molecule has 3 nitrogen and oxygen atoms in total. The minimum Gasteiger partial charge on any atom is -0.342 e. The van der Waals surface area contributed by atoms with Crippen molar-refractivity contribution in [2.75, 3.05) is 13.1 Å². The summed E-state index contributed by atoms with van der Waals surface area (Å²) in [5, 5.41) is 3.40. The van der Waals surface area contributed by atoms with E-state index in [1.807, 2.05) is 6.20 Å². The van der Waals surface area contributed by atoms with Gasteiger partial charge in [-0.25, -0.2) is 4.98 Å². The summed E-state index contributed by atoms with van der Waals surface area (Å²) in [7, 11) is 0. The Balaban J connectivity index is 1.70. The van der Waals surface area contributed by atoms with E-state index in [4.69, 9.17) is 0 Å². The molecule has 0 amide bonds. The van der Waals surface area contributed by atoms with Gasteiger partial charge in [0.1, 0.15) is 5.82 Å². The second-order valence-corrected chi connectivity index (χ2v) is 6.06. The molecule has 1 aromatic carbocycles. The van der Waals surface area contributed by atoms with E-state index in [2.05, 4.69) is 55.5 Å². The van der Waals surface area contributed by atoms with Gasteiger partial charge in [-0.2, -0.15) is 0 Å². The van der Waals surface area contributed by atoms with Crippen LogP contribution in [-0.4, -0.2) is 23.1 Å². The van der Waals surface area contributed by atoms with Crippen LogP contribution in [0, 0.1) is 5.92 Å². The first-order valence-electron chi connectivity index (χ1n) is 6.82. The summed E-state index contributed by atoms with van der Waals surface area (Å²) in [6.45, 7) is 2.29. The fourth-order valence-corrected chi connectivity index (χ4v) is 2.87. The van der Waals surface area contributed by atoms with Gasteiger partial charge in [0.2, 0.25) is 0 Å². The normalized spacial score (nSPS) is 16.7. The Hall–Kier alpha value is -1.13. The molecular formula is C15H18BrN3. The molecule has 1 saturated heterocycles. The van der Waals surface area contributed by atoms with E-state index in [1.165, 1.54) is 18.4 Å². The number of aromatic nitrogens is 2. The third kappa shape index (κ3) is 3.25. The van der Waals surface area contributed by atoms with Gasteiger partial charge in [0.25, 0.3) is 0 Å². The predicted molar refractivity (Wildman–Crippen MR) is 81.0 cm³/mol. The molecule has 4 heteroatoms. The lowest BCUT2D eigenvalue weighted by molar-refractivity contribution is 0.368. The van der Waals surface area contributed by atoms with E-state index in [0.717, 1.165) is 41.4 Å². The quantitative estimate of drug-likeness (QED) is 0.910. The van der Waals surface area contributed by atoms with Gasteiger partial charge in [-0.1, -0.05) is 28.1 Å². The lowest BCUT2D eigenvalue weighted by Gasteiger charge is -2.21. The molecule has 0 bridgehead atoms. The van der Waals surface area contributed by atoms with Crippen molar-refractivity contribution >= 4 is 15.9 Å². The average Bonchev–Trinajstić information content (AvgIpc) is 2.89.